The van der Waals surface area contributed by atoms with Gasteiger partial charge in [-0.05, 0) is 36.4 Å². The number of alkyl halides is 3. The van der Waals surface area contributed by atoms with Gasteiger partial charge >= 0.3 is 12.2 Å². The van der Waals surface area contributed by atoms with Gasteiger partial charge in [-0.1, -0.05) is 6.07 Å². The molecule has 4 rings (SSSR count). The van der Waals surface area contributed by atoms with Crippen molar-refractivity contribution in [3.8, 4) is 0 Å². The maximum atomic E-state index is 13.1. The van der Waals surface area contributed by atoms with E-state index in [4.69, 9.17) is 9.47 Å². The summed E-state index contributed by atoms with van der Waals surface area (Å²) in [7, 11) is -3.84. The summed E-state index contributed by atoms with van der Waals surface area (Å²) in [6, 6.07) is 7.89. The maximum absolute atomic E-state index is 13.1. The molecule has 0 unspecified atom stereocenters. The van der Waals surface area contributed by atoms with Crippen molar-refractivity contribution in [2.45, 2.75) is 11.1 Å². The average Bonchev–Trinajstić information content (AvgIpc) is 2.84. The Morgan fingerprint density at radius 2 is 1.54 bits per heavy atom. The molecule has 0 radical (unpaired) electrons. The maximum Gasteiger partial charge on any atom is 0.416 e. The first-order valence-electron chi connectivity index (χ1n) is 10.9. The van der Waals surface area contributed by atoms with Crippen LogP contribution in [0.1, 0.15) is 5.56 Å². The fourth-order valence-corrected chi connectivity index (χ4v) is 5.28. The monoisotopic (exact) mass is 514 g/mol. The Morgan fingerprint density at radius 1 is 0.886 bits per heavy atom. The minimum absolute atomic E-state index is 0.00854. The number of urea groups is 1. The molecule has 2 fully saturated rings. The largest absolute Gasteiger partial charge is 0.416 e. The predicted molar refractivity (Wildman–Crippen MR) is 123 cm³/mol. The molecule has 35 heavy (non-hydrogen) atoms. The summed E-state index contributed by atoms with van der Waals surface area (Å²) >= 11 is 0. The lowest BCUT2D eigenvalue weighted by Gasteiger charge is -2.31. The Balaban J connectivity index is 1.60. The smallest absolute Gasteiger partial charge is 0.379 e. The fraction of sp³-hybridized carbons (Fsp3) is 0.409. The molecule has 2 aromatic rings. The summed E-state index contributed by atoms with van der Waals surface area (Å²) in [5.74, 6) is 0. The van der Waals surface area contributed by atoms with Crippen molar-refractivity contribution in [3.63, 3.8) is 0 Å². The highest BCUT2D eigenvalue weighted by Gasteiger charge is 2.31. The van der Waals surface area contributed by atoms with Crippen LogP contribution in [0, 0.1) is 0 Å². The number of sulfonamides is 1. The van der Waals surface area contributed by atoms with Crippen molar-refractivity contribution >= 4 is 33.1 Å². The predicted octanol–water partition coefficient (Wildman–Crippen LogP) is 3.21. The Morgan fingerprint density at radius 3 is 2.20 bits per heavy atom. The van der Waals surface area contributed by atoms with Gasteiger partial charge in [-0.25, -0.2) is 13.2 Å². The lowest BCUT2D eigenvalue weighted by atomic mass is 10.2. The van der Waals surface area contributed by atoms with Crippen molar-refractivity contribution < 1.29 is 35.9 Å². The molecular weight excluding hydrogens is 489 g/mol. The Bertz CT molecular complexity index is 1160. The van der Waals surface area contributed by atoms with E-state index < -0.39 is 27.8 Å². The number of rotatable bonds is 5. The van der Waals surface area contributed by atoms with Crippen LogP contribution < -0.4 is 15.5 Å². The zero-order valence-electron chi connectivity index (χ0n) is 18.7. The minimum Gasteiger partial charge on any atom is -0.379 e. The second kappa shape index (κ2) is 10.4. The third-order valence-corrected chi connectivity index (χ3v) is 7.52. The summed E-state index contributed by atoms with van der Waals surface area (Å²) in [5.41, 5.74) is -0.163. The van der Waals surface area contributed by atoms with Gasteiger partial charge in [0.25, 0.3) is 0 Å². The van der Waals surface area contributed by atoms with Crippen molar-refractivity contribution in [2.75, 3.05) is 68.1 Å². The van der Waals surface area contributed by atoms with Crippen LogP contribution in [0.15, 0.2) is 47.4 Å². The van der Waals surface area contributed by atoms with Crippen LogP contribution in [-0.4, -0.2) is 71.4 Å². The molecule has 0 bridgehead atoms. The molecule has 0 aliphatic carbocycles. The highest BCUT2D eigenvalue weighted by atomic mass is 32.2. The average molecular weight is 515 g/mol. The van der Waals surface area contributed by atoms with E-state index in [1.807, 2.05) is 4.90 Å². The van der Waals surface area contributed by atoms with Crippen LogP contribution in [0.2, 0.25) is 0 Å². The van der Waals surface area contributed by atoms with Crippen molar-refractivity contribution in [1.82, 2.24) is 4.31 Å². The zero-order chi connectivity index (χ0) is 25.1. The first-order chi connectivity index (χ1) is 16.6. The molecule has 2 aromatic carbocycles. The van der Waals surface area contributed by atoms with E-state index in [0.717, 1.165) is 12.1 Å². The molecule has 0 aromatic heterocycles. The standard InChI is InChI=1S/C22H25F3N4O5S/c23-22(24,25)16-2-1-3-17(14-16)26-21(30)27-19-15-18(35(31,32)29-8-12-34-13-9-29)4-5-20(19)28-6-10-33-11-7-28/h1-5,14-15H,6-13H2,(H2,26,27,30). The van der Waals surface area contributed by atoms with E-state index in [9.17, 15) is 26.4 Å². The van der Waals surface area contributed by atoms with E-state index in [-0.39, 0.29) is 42.6 Å². The number of halogens is 3. The fourth-order valence-electron chi connectivity index (χ4n) is 3.85. The molecule has 2 heterocycles. The number of nitrogens with zero attached hydrogens (tertiary/aromatic N) is 2. The highest BCUT2D eigenvalue weighted by Crippen LogP contribution is 2.32. The Hall–Kier alpha value is -2.87. The summed E-state index contributed by atoms with van der Waals surface area (Å²) in [5, 5.41) is 4.99. The number of amides is 2. The molecule has 2 aliphatic heterocycles. The second-order valence-corrected chi connectivity index (χ2v) is 9.89. The molecular formula is C22H25F3N4O5S. The van der Waals surface area contributed by atoms with Gasteiger partial charge in [0.05, 0.1) is 48.3 Å². The Kier molecular flexibility index (Phi) is 7.50. The summed E-state index contributed by atoms with van der Waals surface area (Å²) in [6.07, 6.45) is -4.56. The van der Waals surface area contributed by atoms with Crippen molar-refractivity contribution in [2.24, 2.45) is 0 Å². The quantitative estimate of drug-likeness (QED) is 0.636. The molecule has 2 amide bonds. The number of anilines is 3. The Labute approximate surface area is 200 Å². The number of ether oxygens (including phenoxy) is 2. The number of hydrogen-bond acceptors (Lipinski definition) is 6. The molecule has 190 valence electrons. The normalized spacial score (nSPS) is 17.7. The van der Waals surface area contributed by atoms with Crippen LogP contribution in [0.5, 0.6) is 0 Å². The number of nitrogens with one attached hydrogen (secondary N) is 2. The summed E-state index contributed by atoms with van der Waals surface area (Å²) < 4.78 is 77.2. The number of carbonyl (C=O) groups is 1. The SMILES string of the molecule is O=C(Nc1cccc(C(F)(F)F)c1)Nc1cc(S(=O)(=O)N2CCOCC2)ccc1N1CCOCC1. The lowest BCUT2D eigenvalue weighted by molar-refractivity contribution is -0.137. The molecule has 2 N–H and O–H groups in total. The van der Waals surface area contributed by atoms with E-state index >= 15 is 0 Å². The lowest BCUT2D eigenvalue weighted by Crippen LogP contribution is -2.40. The van der Waals surface area contributed by atoms with Gasteiger partial charge in [0, 0.05) is 31.9 Å². The van der Waals surface area contributed by atoms with Gasteiger partial charge in [0.15, 0.2) is 0 Å². The number of carbonyl (C=O) groups excluding carboxylic acids is 1. The van der Waals surface area contributed by atoms with Crippen LogP contribution in [0.3, 0.4) is 0 Å². The zero-order valence-corrected chi connectivity index (χ0v) is 19.5. The van der Waals surface area contributed by atoms with E-state index in [1.165, 1.54) is 28.6 Å². The first-order valence-corrected chi connectivity index (χ1v) is 12.4. The molecule has 2 aliphatic rings. The van der Waals surface area contributed by atoms with Gasteiger partial charge in [-0.2, -0.15) is 17.5 Å². The third-order valence-electron chi connectivity index (χ3n) is 5.62. The molecule has 0 saturated carbocycles. The number of benzene rings is 2. The number of morpholine rings is 2. The van der Waals surface area contributed by atoms with Gasteiger partial charge < -0.3 is 25.0 Å². The van der Waals surface area contributed by atoms with E-state index in [1.54, 1.807) is 6.07 Å². The van der Waals surface area contributed by atoms with Gasteiger partial charge in [0.1, 0.15) is 0 Å². The molecule has 0 spiro atoms. The second-order valence-electron chi connectivity index (χ2n) is 7.95. The third kappa shape index (κ3) is 6.04. The van der Waals surface area contributed by atoms with Gasteiger partial charge in [-0.3, -0.25) is 0 Å². The van der Waals surface area contributed by atoms with Gasteiger partial charge in [-0.15, -0.1) is 0 Å². The molecule has 13 heteroatoms. The van der Waals surface area contributed by atoms with Crippen LogP contribution in [-0.2, 0) is 25.7 Å². The van der Waals surface area contributed by atoms with Crippen molar-refractivity contribution in [3.05, 3.63) is 48.0 Å². The summed E-state index contributed by atoms with van der Waals surface area (Å²) in [4.78, 5) is 14.6. The highest BCUT2D eigenvalue weighted by molar-refractivity contribution is 7.89. The van der Waals surface area contributed by atoms with Crippen LogP contribution in [0.25, 0.3) is 0 Å². The van der Waals surface area contributed by atoms with Crippen LogP contribution >= 0.6 is 0 Å². The first kappa shape index (κ1) is 25.2. The molecule has 0 atom stereocenters. The minimum atomic E-state index is -4.56. The van der Waals surface area contributed by atoms with E-state index in [0.29, 0.717) is 32.0 Å². The molecule has 9 nitrogen and oxygen atoms in total. The number of hydrogen-bond donors (Lipinski definition) is 2. The summed E-state index contributed by atoms with van der Waals surface area (Å²) in [6.45, 7) is 2.98. The van der Waals surface area contributed by atoms with Gasteiger partial charge in [0.2, 0.25) is 10.0 Å². The van der Waals surface area contributed by atoms with Crippen LogP contribution in [0.4, 0.5) is 35.0 Å². The van der Waals surface area contributed by atoms with Crippen molar-refractivity contribution in [1.29, 1.82) is 0 Å². The molecule has 2 saturated heterocycles. The van der Waals surface area contributed by atoms with E-state index in [2.05, 4.69) is 10.6 Å². The topological polar surface area (TPSA) is 100 Å².